The van der Waals surface area contributed by atoms with Crippen LogP contribution in [0.5, 0.6) is 0 Å². The third kappa shape index (κ3) is 3.46. The summed E-state index contributed by atoms with van der Waals surface area (Å²) in [5.74, 6) is 0.284. The first-order valence-electron chi connectivity index (χ1n) is 7.44. The van der Waals surface area contributed by atoms with E-state index in [9.17, 15) is 4.79 Å². The van der Waals surface area contributed by atoms with Crippen LogP contribution in [0.3, 0.4) is 0 Å². The average Bonchev–Trinajstić information content (AvgIpc) is 3.06. The number of aromatic nitrogens is 2. The van der Waals surface area contributed by atoms with Crippen LogP contribution in [0, 0.1) is 0 Å². The number of benzene rings is 2. The summed E-state index contributed by atoms with van der Waals surface area (Å²) in [5.41, 5.74) is 3.52. The Balaban J connectivity index is 1.81. The van der Waals surface area contributed by atoms with Crippen molar-refractivity contribution in [1.29, 1.82) is 0 Å². The molecule has 0 bridgehead atoms. The average molecular weight is 323 g/mol. The number of carbonyl (C=O) groups excluding carboxylic acids is 1. The number of hydrogen-bond acceptors (Lipinski definition) is 4. The topological polar surface area (TPSA) is 54.9 Å². The van der Waals surface area contributed by atoms with Crippen LogP contribution in [0.2, 0.25) is 0 Å². The minimum Gasteiger partial charge on any atom is -0.321 e. The van der Waals surface area contributed by atoms with Gasteiger partial charge in [-0.15, -0.1) is 5.10 Å². The molecule has 1 aromatic heterocycles. The zero-order chi connectivity index (χ0) is 16.2. The summed E-state index contributed by atoms with van der Waals surface area (Å²) in [6.07, 6.45) is 0. The molecule has 0 aliphatic rings. The van der Waals surface area contributed by atoms with Crippen LogP contribution >= 0.6 is 11.5 Å². The summed E-state index contributed by atoms with van der Waals surface area (Å²) in [6, 6.07) is 17.5. The van der Waals surface area contributed by atoms with Gasteiger partial charge in [-0.05, 0) is 35.1 Å². The highest BCUT2D eigenvalue weighted by atomic mass is 32.1. The standard InChI is InChI=1S/C18H17N3OS/c1-12(2)13-8-10-15(11-9-13)19-18(22)17-16(20-21-23-17)14-6-4-3-5-7-14/h3-12H,1-2H3,(H,19,22). The summed E-state index contributed by atoms with van der Waals surface area (Å²) >= 11 is 1.11. The van der Waals surface area contributed by atoms with E-state index in [1.54, 1.807) is 0 Å². The summed E-state index contributed by atoms with van der Waals surface area (Å²) in [6.45, 7) is 4.28. The van der Waals surface area contributed by atoms with Crippen LogP contribution in [-0.2, 0) is 0 Å². The van der Waals surface area contributed by atoms with E-state index in [1.807, 2.05) is 54.6 Å². The fourth-order valence-corrected chi connectivity index (χ4v) is 2.85. The van der Waals surface area contributed by atoms with Crippen LogP contribution in [0.25, 0.3) is 11.3 Å². The lowest BCUT2D eigenvalue weighted by Gasteiger charge is -2.08. The van der Waals surface area contributed by atoms with E-state index in [1.165, 1.54) is 5.56 Å². The van der Waals surface area contributed by atoms with Gasteiger partial charge in [0, 0.05) is 11.3 Å². The number of amides is 1. The molecule has 3 aromatic rings. The molecule has 3 rings (SSSR count). The lowest BCUT2D eigenvalue weighted by atomic mass is 10.0. The second-order valence-corrected chi connectivity index (χ2v) is 6.30. The normalized spacial score (nSPS) is 10.7. The van der Waals surface area contributed by atoms with Crippen molar-refractivity contribution in [3.05, 3.63) is 65.0 Å². The SMILES string of the molecule is CC(C)c1ccc(NC(=O)c2snnc2-c2ccccc2)cc1. The molecule has 116 valence electrons. The molecule has 0 saturated carbocycles. The molecule has 1 N–H and O–H groups in total. The number of anilines is 1. The number of nitrogens with one attached hydrogen (secondary N) is 1. The van der Waals surface area contributed by atoms with Gasteiger partial charge >= 0.3 is 0 Å². The van der Waals surface area contributed by atoms with Gasteiger partial charge in [0.2, 0.25) is 0 Å². The Morgan fingerprint density at radius 2 is 1.74 bits per heavy atom. The Morgan fingerprint density at radius 1 is 1.04 bits per heavy atom. The van der Waals surface area contributed by atoms with Crippen LogP contribution in [0.15, 0.2) is 54.6 Å². The molecule has 1 amide bonds. The van der Waals surface area contributed by atoms with Crippen molar-refractivity contribution >= 4 is 23.1 Å². The van der Waals surface area contributed by atoms with Gasteiger partial charge in [0.15, 0.2) is 0 Å². The highest BCUT2D eigenvalue weighted by molar-refractivity contribution is 7.08. The summed E-state index contributed by atoms with van der Waals surface area (Å²) < 4.78 is 3.93. The Labute approximate surface area is 139 Å². The van der Waals surface area contributed by atoms with Crippen molar-refractivity contribution in [3.63, 3.8) is 0 Å². The summed E-state index contributed by atoms with van der Waals surface area (Å²) in [4.78, 5) is 13.0. The molecule has 2 aromatic carbocycles. The van der Waals surface area contributed by atoms with Crippen LogP contribution in [0.4, 0.5) is 5.69 Å². The molecule has 5 heteroatoms. The van der Waals surface area contributed by atoms with Crippen molar-refractivity contribution in [1.82, 2.24) is 9.59 Å². The minimum atomic E-state index is -0.184. The third-order valence-electron chi connectivity index (χ3n) is 3.58. The molecule has 0 atom stereocenters. The van der Waals surface area contributed by atoms with Gasteiger partial charge in [0.25, 0.3) is 5.91 Å². The first-order chi connectivity index (χ1) is 11.1. The van der Waals surface area contributed by atoms with E-state index >= 15 is 0 Å². The smallest absolute Gasteiger partial charge is 0.269 e. The number of carbonyl (C=O) groups is 1. The van der Waals surface area contributed by atoms with Gasteiger partial charge in [-0.2, -0.15) is 0 Å². The highest BCUT2D eigenvalue weighted by Gasteiger charge is 2.17. The fourth-order valence-electron chi connectivity index (χ4n) is 2.26. The van der Waals surface area contributed by atoms with E-state index in [4.69, 9.17) is 0 Å². The van der Waals surface area contributed by atoms with Crippen molar-refractivity contribution in [2.45, 2.75) is 19.8 Å². The predicted octanol–water partition coefficient (Wildman–Crippen LogP) is 4.58. The van der Waals surface area contributed by atoms with Gasteiger partial charge in [-0.25, -0.2) is 0 Å². The molecule has 0 saturated heterocycles. The Hall–Kier alpha value is -2.53. The molecule has 0 radical (unpaired) electrons. The van der Waals surface area contributed by atoms with E-state index in [0.717, 1.165) is 22.8 Å². The first-order valence-corrected chi connectivity index (χ1v) is 8.21. The van der Waals surface area contributed by atoms with Gasteiger partial charge < -0.3 is 5.32 Å². The number of hydrogen-bond donors (Lipinski definition) is 1. The van der Waals surface area contributed by atoms with E-state index in [-0.39, 0.29) is 5.91 Å². The van der Waals surface area contributed by atoms with Crippen LogP contribution < -0.4 is 5.32 Å². The van der Waals surface area contributed by atoms with Gasteiger partial charge in [-0.1, -0.05) is 60.8 Å². The molecule has 0 spiro atoms. The molecule has 0 aliphatic heterocycles. The zero-order valence-electron chi connectivity index (χ0n) is 13.0. The summed E-state index contributed by atoms with van der Waals surface area (Å²) in [7, 11) is 0. The molecule has 1 heterocycles. The molecular weight excluding hydrogens is 306 g/mol. The predicted molar refractivity (Wildman–Crippen MR) is 93.8 cm³/mol. The second kappa shape index (κ2) is 6.71. The lowest BCUT2D eigenvalue weighted by Crippen LogP contribution is -2.11. The zero-order valence-corrected chi connectivity index (χ0v) is 13.8. The van der Waals surface area contributed by atoms with E-state index in [0.29, 0.717) is 16.5 Å². The fraction of sp³-hybridized carbons (Fsp3) is 0.167. The lowest BCUT2D eigenvalue weighted by molar-refractivity contribution is 0.103. The maximum atomic E-state index is 12.5. The maximum absolute atomic E-state index is 12.5. The number of rotatable bonds is 4. The maximum Gasteiger partial charge on any atom is 0.269 e. The van der Waals surface area contributed by atoms with Gasteiger partial charge in [0.1, 0.15) is 10.6 Å². The molecule has 0 aliphatic carbocycles. The highest BCUT2D eigenvalue weighted by Crippen LogP contribution is 2.25. The van der Waals surface area contributed by atoms with Crippen molar-refractivity contribution in [3.8, 4) is 11.3 Å². The third-order valence-corrected chi connectivity index (χ3v) is 4.30. The monoisotopic (exact) mass is 323 g/mol. The molecule has 23 heavy (non-hydrogen) atoms. The molecule has 0 fully saturated rings. The molecule has 4 nitrogen and oxygen atoms in total. The Morgan fingerprint density at radius 3 is 2.39 bits per heavy atom. The molecular formula is C18H17N3OS. The van der Waals surface area contributed by atoms with Crippen LogP contribution in [0.1, 0.15) is 35.0 Å². The quantitative estimate of drug-likeness (QED) is 0.764. The first kappa shape index (κ1) is 15.4. The number of nitrogens with zero attached hydrogens (tertiary/aromatic N) is 2. The van der Waals surface area contributed by atoms with Crippen LogP contribution in [-0.4, -0.2) is 15.5 Å². The van der Waals surface area contributed by atoms with Crippen molar-refractivity contribution < 1.29 is 4.79 Å². The van der Waals surface area contributed by atoms with E-state index in [2.05, 4.69) is 28.8 Å². The second-order valence-electron chi connectivity index (χ2n) is 5.55. The minimum absolute atomic E-state index is 0.184. The Kier molecular flexibility index (Phi) is 4.48. The van der Waals surface area contributed by atoms with Gasteiger partial charge in [0.05, 0.1) is 0 Å². The largest absolute Gasteiger partial charge is 0.321 e. The summed E-state index contributed by atoms with van der Waals surface area (Å²) in [5, 5.41) is 7.01. The molecule has 0 unspecified atom stereocenters. The van der Waals surface area contributed by atoms with Gasteiger partial charge in [-0.3, -0.25) is 4.79 Å². The van der Waals surface area contributed by atoms with E-state index < -0.39 is 0 Å². The Bertz CT molecular complexity index is 795. The van der Waals surface area contributed by atoms with Crippen molar-refractivity contribution in [2.75, 3.05) is 5.32 Å². The van der Waals surface area contributed by atoms with Crippen molar-refractivity contribution in [2.24, 2.45) is 0 Å².